The van der Waals surface area contributed by atoms with Gasteiger partial charge in [0.15, 0.2) is 0 Å². The number of hydrogen-bond acceptors (Lipinski definition) is 4. The molecule has 1 aromatic heterocycles. The van der Waals surface area contributed by atoms with E-state index in [1.165, 1.54) is 4.31 Å². The Bertz CT molecular complexity index is 404. The van der Waals surface area contributed by atoms with Crippen LogP contribution in [-0.4, -0.2) is 32.4 Å². The Hall–Kier alpha value is -1.14. The van der Waals surface area contributed by atoms with E-state index in [9.17, 15) is 8.42 Å². The Balaban J connectivity index is 2.34. The third-order valence-corrected chi connectivity index (χ3v) is 3.63. The molecular formula is C8H11N3O2S. The normalized spacial score (nSPS) is 20.7. The predicted molar refractivity (Wildman–Crippen MR) is 53.4 cm³/mol. The van der Waals surface area contributed by atoms with Crippen LogP contribution in [0.1, 0.15) is 0 Å². The molecular weight excluding hydrogens is 202 g/mol. The zero-order chi connectivity index (χ0) is 10.0. The number of aromatic nitrogens is 1. The first-order chi connectivity index (χ1) is 6.70. The van der Waals surface area contributed by atoms with E-state index in [1.807, 2.05) is 0 Å². The molecule has 1 aromatic rings. The lowest BCUT2D eigenvalue weighted by molar-refractivity contribution is 0.568. The van der Waals surface area contributed by atoms with Crippen molar-refractivity contribution in [3.05, 3.63) is 24.4 Å². The van der Waals surface area contributed by atoms with Crippen LogP contribution >= 0.6 is 0 Å². The maximum absolute atomic E-state index is 11.6. The molecule has 1 aliphatic heterocycles. The van der Waals surface area contributed by atoms with Crippen molar-refractivity contribution in [1.29, 1.82) is 0 Å². The van der Waals surface area contributed by atoms with E-state index in [-0.39, 0.29) is 5.88 Å². The second kappa shape index (κ2) is 3.55. The molecule has 0 bridgehead atoms. The molecule has 1 saturated heterocycles. The first-order valence-corrected chi connectivity index (χ1v) is 5.93. The van der Waals surface area contributed by atoms with Crippen LogP contribution in [0.3, 0.4) is 0 Å². The molecule has 0 aromatic carbocycles. The van der Waals surface area contributed by atoms with E-state index in [1.54, 1.807) is 24.4 Å². The first kappa shape index (κ1) is 9.42. The molecule has 1 fully saturated rings. The summed E-state index contributed by atoms with van der Waals surface area (Å²) in [5.41, 5.74) is 0. The van der Waals surface area contributed by atoms with Gasteiger partial charge in [0, 0.05) is 19.3 Å². The fraction of sp³-hybridized carbons (Fsp3) is 0.375. The van der Waals surface area contributed by atoms with E-state index in [2.05, 4.69) is 10.3 Å². The van der Waals surface area contributed by atoms with Crippen molar-refractivity contribution in [3.63, 3.8) is 0 Å². The number of sulfonamides is 1. The summed E-state index contributed by atoms with van der Waals surface area (Å²) in [4.78, 5) is 4.02. The molecule has 76 valence electrons. The highest BCUT2D eigenvalue weighted by Crippen LogP contribution is 2.15. The summed E-state index contributed by atoms with van der Waals surface area (Å²) in [6.45, 7) is 1.11. The molecule has 1 N–H and O–H groups in total. The lowest BCUT2D eigenvalue weighted by atomic mass is 10.4. The highest BCUT2D eigenvalue weighted by Gasteiger charge is 2.26. The van der Waals surface area contributed by atoms with Gasteiger partial charge in [0.1, 0.15) is 11.7 Å². The Kier molecular flexibility index (Phi) is 2.39. The zero-order valence-electron chi connectivity index (χ0n) is 7.55. The average Bonchev–Trinajstić information content (AvgIpc) is 2.18. The molecule has 0 amide bonds. The van der Waals surface area contributed by atoms with Gasteiger partial charge in [0.2, 0.25) is 10.0 Å². The SMILES string of the molecule is O=S1(=O)CNCCN1c1ccccn1. The quantitative estimate of drug-likeness (QED) is 0.700. The Morgan fingerprint density at radius 1 is 1.43 bits per heavy atom. The Labute approximate surface area is 82.8 Å². The van der Waals surface area contributed by atoms with Crippen LogP contribution in [0, 0.1) is 0 Å². The van der Waals surface area contributed by atoms with E-state index < -0.39 is 10.0 Å². The van der Waals surface area contributed by atoms with Crippen molar-refractivity contribution in [2.24, 2.45) is 0 Å². The fourth-order valence-electron chi connectivity index (χ4n) is 1.36. The Morgan fingerprint density at radius 2 is 2.29 bits per heavy atom. The van der Waals surface area contributed by atoms with Gasteiger partial charge < -0.3 is 5.32 Å². The maximum atomic E-state index is 11.6. The molecule has 14 heavy (non-hydrogen) atoms. The third kappa shape index (κ3) is 1.71. The monoisotopic (exact) mass is 213 g/mol. The van der Waals surface area contributed by atoms with E-state index in [0.29, 0.717) is 18.9 Å². The van der Waals surface area contributed by atoms with Gasteiger partial charge in [0.25, 0.3) is 0 Å². The van der Waals surface area contributed by atoms with Gasteiger partial charge in [-0.15, -0.1) is 0 Å². The predicted octanol–water partition coefficient (Wildman–Crippen LogP) is -0.222. The summed E-state index contributed by atoms with van der Waals surface area (Å²) in [7, 11) is -3.22. The summed E-state index contributed by atoms with van der Waals surface area (Å²) in [6.07, 6.45) is 1.59. The number of rotatable bonds is 1. The third-order valence-electron chi connectivity index (χ3n) is 2.02. The highest BCUT2D eigenvalue weighted by atomic mass is 32.2. The average molecular weight is 213 g/mol. The summed E-state index contributed by atoms with van der Waals surface area (Å²) in [5.74, 6) is 0.484. The number of nitrogens with one attached hydrogen (secondary N) is 1. The van der Waals surface area contributed by atoms with Crippen LogP contribution in [0.5, 0.6) is 0 Å². The van der Waals surface area contributed by atoms with Gasteiger partial charge >= 0.3 is 0 Å². The molecule has 0 atom stereocenters. The van der Waals surface area contributed by atoms with Crippen LogP contribution in [0.15, 0.2) is 24.4 Å². The summed E-state index contributed by atoms with van der Waals surface area (Å²) in [6, 6.07) is 5.24. The lowest BCUT2D eigenvalue weighted by Crippen LogP contribution is -2.48. The second-order valence-electron chi connectivity index (χ2n) is 3.02. The largest absolute Gasteiger partial charge is 0.300 e. The first-order valence-electron chi connectivity index (χ1n) is 4.32. The zero-order valence-corrected chi connectivity index (χ0v) is 8.37. The molecule has 2 rings (SSSR count). The van der Waals surface area contributed by atoms with Crippen molar-refractivity contribution < 1.29 is 8.42 Å². The molecule has 1 aliphatic rings. The minimum atomic E-state index is -3.22. The van der Waals surface area contributed by atoms with Crippen LogP contribution in [0.2, 0.25) is 0 Å². The van der Waals surface area contributed by atoms with Crippen LogP contribution in [-0.2, 0) is 10.0 Å². The van der Waals surface area contributed by atoms with Crippen LogP contribution in [0.4, 0.5) is 5.82 Å². The van der Waals surface area contributed by atoms with Crippen molar-refractivity contribution in [2.75, 3.05) is 23.3 Å². The van der Waals surface area contributed by atoms with Crippen LogP contribution < -0.4 is 9.62 Å². The smallest absolute Gasteiger partial charge is 0.249 e. The van der Waals surface area contributed by atoms with Gasteiger partial charge in [-0.3, -0.25) is 4.31 Å². The molecule has 0 spiro atoms. The van der Waals surface area contributed by atoms with E-state index >= 15 is 0 Å². The summed E-state index contributed by atoms with van der Waals surface area (Å²) >= 11 is 0. The van der Waals surface area contributed by atoms with E-state index in [4.69, 9.17) is 0 Å². The molecule has 2 heterocycles. The van der Waals surface area contributed by atoms with Gasteiger partial charge in [-0.2, -0.15) is 0 Å². The minimum Gasteiger partial charge on any atom is -0.300 e. The Morgan fingerprint density at radius 3 is 2.93 bits per heavy atom. The molecule has 0 radical (unpaired) electrons. The second-order valence-corrected chi connectivity index (χ2v) is 4.91. The van der Waals surface area contributed by atoms with Crippen molar-refractivity contribution in [3.8, 4) is 0 Å². The van der Waals surface area contributed by atoms with Crippen molar-refractivity contribution in [2.45, 2.75) is 0 Å². The van der Waals surface area contributed by atoms with Crippen LogP contribution in [0.25, 0.3) is 0 Å². The molecule has 6 heteroatoms. The van der Waals surface area contributed by atoms with Gasteiger partial charge in [-0.25, -0.2) is 13.4 Å². The lowest BCUT2D eigenvalue weighted by Gasteiger charge is -2.27. The van der Waals surface area contributed by atoms with Gasteiger partial charge in [-0.1, -0.05) is 6.07 Å². The highest BCUT2D eigenvalue weighted by molar-refractivity contribution is 7.92. The van der Waals surface area contributed by atoms with Gasteiger partial charge in [0.05, 0.1) is 0 Å². The van der Waals surface area contributed by atoms with Crippen molar-refractivity contribution in [1.82, 2.24) is 10.3 Å². The standard InChI is InChI=1S/C8H11N3O2S/c12-14(13)7-9-5-6-11(14)8-3-1-2-4-10-8/h1-4,9H,5-7H2. The number of nitrogens with zero attached hydrogens (tertiary/aromatic N) is 2. The molecule has 5 nitrogen and oxygen atoms in total. The minimum absolute atomic E-state index is 0.0103. The number of pyridine rings is 1. The summed E-state index contributed by atoms with van der Waals surface area (Å²) < 4.78 is 24.5. The number of hydrogen-bond donors (Lipinski definition) is 1. The molecule has 0 saturated carbocycles. The topological polar surface area (TPSA) is 62.3 Å². The van der Waals surface area contributed by atoms with E-state index in [0.717, 1.165) is 0 Å². The maximum Gasteiger partial charge on any atom is 0.249 e. The molecule has 0 aliphatic carbocycles. The van der Waals surface area contributed by atoms with Gasteiger partial charge in [-0.05, 0) is 12.1 Å². The molecule has 0 unspecified atom stereocenters. The fourth-order valence-corrected chi connectivity index (χ4v) is 2.68. The van der Waals surface area contributed by atoms with Crippen molar-refractivity contribution >= 4 is 15.8 Å². The summed E-state index contributed by atoms with van der Waals surface area (Å²) in [5, 5.41) is 2.82. The number of anilines is 1.